The first-order chi connectivity index (χ1) is 24.0. The lowest BCUT2D eigenvalue weighted by Gasteiger charge is -2.37. The van der Waals surface area contributed by atoms with Gasteiger partial charge in [0.2, 0.25) is 0 Å². The predicted octanol–water partition coefficient (Wildman–Crippen LogP) is 14.5. The average Bonchev–Trinajstić information content (AvgIpc) is 3.08. The molecule has 0 unspecified atom stereocenters. The molecule has 50 heavy (non-hydrogen) atoms. The van der Waals surface area contributed by atoms with Crippen molar-refractivity contribution < 1.29 is 0 Å². The maximum Gasteiger partial charge on any atom is 0.0579 e. The van der Waals surface area contributed by atoms with E-state index in [1.54, 1.807) is 0 Å². The largest absolute Gasteiger partial charge is 0.103 e. The minimum atomic E-state index is -1.58. The standard InChI is InChI=1S/C45H73PSi4/c1-10-31-47(7,32-11-2)37-23-41-50(42-24-38-48(8,33-12-3)34-13-4,43-25-39-49(9,35-14-5)36-15-6)40-22-30-46(44-26-18-16-19-27-44)45-28-20-17-21-29-45/h10-21,26-29H,1-6,22-25,30-43H2,7-9H3. The molecule has 0 spiro atoms. The van der Waals surface area contributed by atoms with Gasteiger partial charge in [-0.2, -0.15) is 0 Å². The molecule has 0 aliphatic rings. The highest BCUT2D eigenvalue weighted by molar-refractivity contribution is 7.73. The second-order valence-corrected chi connectivity index (χ2v) is 38.5. The molecule has 0 fully saturated rings. The highest BCUT2D eigenvalue weighted by atomic mass is 31.1. The maximum absolute atomic E-state index is 4.17. The Balaban J connectivity index is 2.45. The summed E-state index contributed by atoms with van der Waals surface area (Å²) < 4.78 is 0. The van der Waals surface area contributed by atoms with Gasteiger partial charge in [-0.1, -0.05) is 185 Å². The fourth-order valence-corrected chi connectivity index (χ4v) is 26.5. The smallest absolute Gasteiger partial charge is 0.0579 e. The van der Waals surface area contributed by atoms with Gasteiger partial charge in [-0.15, -0.1) is 39.5 Å². The zero-order valence-electron chi connectivity index (χ0n) is 32.7. The molecule has 274 valence electrons. The first-order valence-electron chi connectivity index (χ1n) is 19.6. The predicted molar refractivity (Wildman–Crippen MR) is 247 cm³/mol. The van der Waals surface area contributed by atoms with Gasteiger partial charge in [-0.05, 0) is 61.0 Å². The van der Waals surface area contributed by atoms with Crippen LogP contribution in [0, 0.1) is 0 Å². The van der Waals surface area contributed by atoms with Crippen LogP contribution in [0.1, 0.15) is 25.7 Å². The van der Waals surface area contributed by atoms with Crippen LogP contribution >= 0.6 is 7.92 Å². The molecule has 0 heterocycles. The van der Waals surface area contributed by atoms with Gasteiger partial charge < -0.3 is 0 Å². The van der Waals surface area contributed by atoms with Crippen LogP contribution in [-0.2, 0) is 0 Å². The Kier molecular flexibility index (Phi) is 21.0. The van der Waals surface area contributed by atoms with Gasteiger partial charge in [-0.25, -0.2) is 0 Å². The molecule has 0 radical (unpaired) electrons. The van der Waals surface area contributed by atoms with Gasteiger partial charge in [0.1, 0.15) is 0 Å². The van der Waals surface area contributed by atoms with Crippen molar-refractivity contribution >= 4 is 50.8 Å². The minimum Gasteiger partial charge on any atom is -0.103 e. The van der Waals surface area contributed by atoms with Crippen molar-refractivity contribution in [3.63, 3.8) is 0 Å². The molecule has 0 amide bonds. The summed E-state index contributed by atoms with van der Waals surface area (Å²) in [6, 6.07) is 40.3. The fourth-order valence-electron chi connectivity index (χ4n) is 8.61. The second kappa shape index (κ2) is 23.7. The van der Waals surface area contributed by atoms with E-state index in [0.29, 0.717) is 0 Å². The molecule has 0 bridgehead atoms. The van der Waals surface area contributed by atoms with Gasteiger partial charge in [0.25, 0.3) is 0 Å². The Morgan fingerprint density at radius 3 is 0.980 bits per heavy atom. The molecular weight excluding hydrogens is 684 g/mol. The lowest BCUT2D eigenvalue weighted by atomic mass is 10.4. The number of benzene rings is 2. The first kappa shape index (κ1) is 44.3. The van der Waals surface area contributed by atoms with Crippen LogP contribution in [0.2, 0.25) is 98.2 Å². The van der Waals surface area contributed by atoms with Crippen molar-refractivity contribution in [1.29, 1.82) is 0 Å². The van der Waals surface area contributed by atoms with Gasteiger partial charge in [0, 0.05) is 0 Å². The summed E-state index contributed by atoms with van der Waals surface area (Å²) in [5, 5.41) is 3.06. The van der Waals surface area contributed by atoms with Crippen LogP contribution in [0.15, 0.2) is 137 Å². The van der Waals surface area contributed by atoms with Crippen LogP contribution in [0.4, 0.5) is 0 Å². The third-order valence-corrected chi connectivity index (χ3v) is 32.1. The third kappa shape index (κ3) is 15.8. The van der Waals surface area contributed by atoms with Gasteiger partial charge in [0.05, 0.1) is 32.3 Å². The summed E-state index contributed by atoms with van der Waals surface area (Å²) in [4.78, 5) is 0. The van der Waals surface area contributed by atoms with Crippen LogP contribution in [0.25, 0.3) is 0 Å². The monoisotopic (exact) mass is 756 g/mol. The fraction of sp³-hybridized carbons (Fsp3) is 0.467. The molecule has 0 saturated carbocycles. The molecule has 2 aromatic carbocycles. The minimum absolute atomic E-state index is 0.352. The zero-order valence-corrected chi connectivity index (χ0v) is 37.5. The van der Waals surface area contributed by atoms with Crippen molar-refractivity contribution in [1.82, 2.24) is 0 Å². The van der Waals surface area contributed by atoms with Crippen molar-refractivity contribution in [2.75, 3.05) is 6.16 Å². The van der Waals surface area contributed by atoms with E-state index in [-0.39, 0.29) is 7.92 Å². The Hall–Kier alpha value is -1.82. The van der Waals surface area contributed by atoms with Crippen LogP contribution in [-0.4, -0.2) is 38.5 Å². The Morgan fingerprint density at radius 2 is 0.700 bits per heavy atom. The van der Waals surface area contributed by atoms with E-state index in [1.807, 2.05) is 0 Å². The number of hydrogen-bond donors (Lipinski definition) is 0. The summed E-state index contributed by atoms with van der Waals surface area (Å²) in [5.74, 6) is 0. The second-order valence-electron chi connectivity index (χ2n) is 16.4. The lowest BCUT2D eigenvalue weighted by molar-refractivity contribution is 0.864. The molecule has 5 heteroatoms. The van der Waals surface area contributed by atoms with E-state index in [9.17, 15) is 0 Å². The molecular formula is C45H73PSi4. The van der Waals surface area contributed by atoms with Crippen LogP contribution in [0.5, 0.6) is 0 Å². The lowest BCUT2D eigenvalue weighted by Crippen LogP contribution is -2.38. The quantitative estimate of drug-likeness (QED) is 0.0423. The average molecular weight is 757 g/mol. The van der Waals surface area contributed by atoms with Crippen molar-refractivity contribution in [2.45, 2.75) is 124 Å². The molecule has 2 aromatic rings. The molecule has 0 aliphatic heterocycles. The molecule has 0 nitrogen and oxygen atoms in total. The highest BCUT2D eigenvalue weighted by Crippen LogP contribution is 2.41. The molecule has 0 aromatic heterocycles. The van der Waals surface area contributed by atoms with E-state index >= 15 is 0 Å². The molecule has 0 aliphatic carbocycles. The van der Waals surface area contributed by atoms with E-state index in [1.165, 1.54) is 121 Å². The normalized spacial score (nSPS) is 12.4. The first-order valence-corrected chi connectivity index (χ1v) is 33.3. The summed E-state index contributed by atoms with van der Waals surface area (Å²) in [6.07, 6.45) is 20.1. The molecule has 0 N–H and O–H groups in total. The molecule has 0 saturated heterocycles. The van der Waals surface area contributed by atoms with E-state index in [2.05, 4.69) is 156 Å². The summed E-state index contributed by atoms with van der Waals surface area (Å²) in [7, 11) is -6.11. The topological polar surface area (TPSA) is 0 Å². The van der Waals surface area contributed by atoms with Gasteiger partial charge in [-0.3, -0.25) is 0 Å². The number of allylic oxidation sites excluding steroid dienone is 6. The Bertz CT molecular complexity index is 1130. The third-order valence-electron chi connectivity index (χ3n) is 11.5. The van der Waals surface area contributed by atoms with E-state index < -0.39 is 32.3 Å². The molecule has 0 atom stereocenters. The van der Waals surface area contributed by atoms with Crippen molar-refractivity contribution in [2.24, 2.45) is 0 Å². The zero-order chi connectivity index (χ0) is 36.8. The van der Waals surface area contributed by atoms with Gasteiger partial charge in [0.15, 0.2) is 0 Å². The number of rotatable bonds is 30. The Morgan fingerprint density at radius 1 is 0.420 bits per heavy atom. The van der Waals surface area contributed by atoms with Crippen LogP contribution in [0.3, 0.4) is 0 Å². The van der Waals surface area contributed by atoms with Crippen LogP contribution < -0.4 is 10.6 Å². The van der Waals surface area contributed by atoms with Gasteiger partial charge >= 0.3 is 0 Å². The number of hydrogen-bond acceptors (Lipinski definition) is 0. The summed E-state index contributed by atoms with van der Waals surface area (Å²) in [6.45, 7) is 32.8. The highest BCUT2D eigenvalue weighted by Gasteiger charge is 2.36. The van der Waals surface area contributed by atoms with Crippen molar-refractivity contribution in [3.8, 4) is 0 Å². The van der Waals surface area contributed by atoms with E-state index in [0.717, 1.165) is 0 Å². The Labute approximate surface area is 315 Å². The SMILES string of the molecule is C=CC[Si](C)(CC=C)CCC[Si](CCCP(c1ccccc1)c1ccccc1)(CCC[Si](C)(CC=C)CC=C)CCC[Si](C)(CC=C)CC=C. The maximum atomic E-state index is 4.17. The summed E-state index contributed by atoms with van der Waals surface area (Å²) >= 11 is 0. The summed E-state index contributed by atoms with van der Waals surface area (Å²) in [5.41, 5.74) is 0. The van der Waals surface area contributed by atoms with E-state index in [4.69, 9.17) is 0 Å². The molecule has 2 rings (SSSR count). The van der Waals surface area contributed by atoms with Crippen molar-refractivity contribution in [3.05, 3.63) is 137 Å².